The van der Waals surface area contributed by atoms with Crippen LogP contribution in [-0.4, -0.2) is 138 Å². The molecule has 0 aliphatic carbocycles. The molecule has 0 radical (unpaired) electrons. The van der Waals surface area contributed by atoms with Gasteiger partial charge in [-0.05, 0) is 102 Å². The van der Waals surface area contributed by atoms with E-state index in [9.17, 15) is 28.8 Å². The maximum absolute atomic E-state index is 13.4. The lowest BCUT2D eigenvalue weighted by Gasteiger charge is -2.17. The number of aromatic nitrogens is 3. The van der Waals surface area contributed by atoms with E-state index >= 15 is 0 Å². The van der Waals surface area contributed by atoms with Gasteiger partial charge in [0.25, 0.3) is 0 Å². The fourth-order valence-electron chi connectivity index (χ4n) is 7.02. The Hall–Kier alpha value is -6.59. The lowest BCUT2D eigenvalue weighted by molar-refractivity contribution is -0.148. The normalized spacial score (nSPS) is 12.2. The topological polar surface area (TPSA) is 233 Å². The molecule has 24 heteroatoms. The van der Waals surface area contributed by atoms with Crippen LogP contribution in [0.2, 0.25) is 148 Å². The second kappa shape index (κ2) is 31.9. The molecule has 86 heavy (non-hydrogen) atoms. The molecule has 4 rings (SSSR count). The van der Waals surface area contributed by atoms with Gasteiger partial charge in [-0.2, -0.15) is 15.0 Å². The van der Waals surface area contributed by atoms with E-state index in [0.29, 0.717) is 33.8 Å². The number of ether oxygens (including phenoxy) is 6. The van der Waals surface area contributed by atoms with E-state index in [0.717, 1.165) is 30.2 Å². The molecule has 3 N–H and O–H groups in total. The van der Waals surface area contributed by atoms with Gasteiger partial charge in [-0.3, -0.25) is 0 Å². The fraction of sp³-hybridized carbons (Fsp3) is 0.468. The zero-order valence-electron chi connectivity index (χ0n) is 54.2. The number of benzene rings is 3. The first-order valence-corrected chi connectivity index (χ1v) is 51.6. The highest BCUT2D eigenvalue weighted by Crippen LogP contribution is 2.26. The first-order chi connectivity index (χ1) is 39.8. The predicted molar refractivity (Wildman–Crippen MR) is 363 cm³/mol. The van der Waals surface area contributed by atoms with Crippen LogP contribution in [-0.2, 0) is 57.2 Å². The Bertz CT molecular complexity index is 2850. The average molecular weight is 1280 g/mol. The van der Waals surface area contributed by atoms with E-state index in [4.69, 9.17) is 43.4 Å². The van der Waals surface area contributed by atoms with Crippen LogP contribution >= 0.6 is 0 Å². The quantitative estimate of drug-likeness (QED) is 0.0103. The van der Waals surface area contributed by atoms with Gasteiger partial charge in [-0.25, -0.2) is 28.8 Å². The molecular weight excluding hydrogens is 1190 g/mol. The van der Waals surface area contributed by atoms with Gasteiger partial charge in [0.2, 0.25) is 17.8 Å². The van der Waals surface area contributed by atoms with Crippen molar-refractivity contribution in [3.63, 3.8) is 0 Å². The van der Waals surface area contributed by atoms with Gasteiger partial charge in [0.15, 0.2) is 0 Å². The van der Waals surface area contributed by atoms with Crippen LogP contribution < -0.4 is 16.0 Å². The zero-order chi connectivity index (χ0) is 64.3. The number of nitrogens with one attached hydrogen (secondary N) is 3. The molecule has 18 nitrogen and oxygen atoms in total. The zero-order valence-corrected chi connectivity index (χ0v) is 60.2. The standard InChI is InChI=1S/C62H94N6O12Si6/c1-81(2,3)36-31-75-54(69)51(55(70)76-32-37-82(4,5)6)41-45-19-25-48(26-20-45)63-60-66-61(64-49-27-21-46(22-28-49)42-52(56(71)77-33-38-83(7,8)9)57(72)78-34-39-84(10,11)12)68-62(67-60)65-50-29-23-47(24-30-50)43-53(59(74)80-44-86(16,17)18)58(73)79-35-40-85(13,14)15/h19-30,41-43H,31-40,44H2,1-18H3,(H3,63,64,65,66,67,68)/b53-43+. The summed E-state index contributed by atoms with van der Waals surface area (Å²) in [6.07, 6.45) is 4.65. The van der Waals surface area contributed by atoms with Crippen LogP contribution in [0.5, 0.6) is 0 Å². The first-order valence-electron chi connectivity index (χ1n) is 29.3. The summed E-state index contributed by atoms with van der Waals surface area (Å²) < 4.78 is 33.6. The third-order valence-corrected chi connectivity index (χ3v) is 22.0. The highest BCUT2D eigenvalue weighted by Gasteiger charge is 2.28. The minimum Gasteiger partial charge on any atom is -0.466 e. The Kier molecular flexibility index (Phi) is 26.6. The average Bonchev–Trinajstić information content (AvgIpc) is 1.79. The first kappa shape index (κ1) is 71.9. The van der Waals surface area contributed by atoms with Crippen molar-refractivity contribution in [3.8, 4) is 0 Å². The summed E-state index contributed by atoms with van der Waals surface area (Å²) in [4.78, 5) is 94.6. The van der Waals surface area contributed by atoms with Crippen molar-refractivity contribution in [1.29, 1.82) is 0 Å². The fourth-order valence-corrected chi connectivity index (χ4v) is 11.2. The number of rotatable bonds is 32. The summed E-state index contributed by atoms with van der Waals surface area (Å²) in [5.74, 6) is -4.08. The molecule has 468 valence electrons. The van der Waals surface area contributed by atoms with E-state index in [1.165, 1.54) is 18.2 Å². The molecule has 1 aromatic heterocycles. The lowest BCUT2D eigenvalue weighted by atomic mass is 10.1. The van der Waals surface area contributed by atoms with Crippen LogP contribution in [0, 0.1) is 0 Å². The molecule has 0 atom stereocenters. The van der Waals surface area contributed by atoms with Crippen LogP contribution in [0.15, 0.2) is 89.5 Å². The Morgan fingerprint density at radius 2 is 0.512 bits per heavy atom. The highest BCUT2D eigenvalue weighted by molar-refractivity contribution is 6.78. The molecule has 3 aromatic carbocycles. The molecule has 1 heterocycles. The Morgan fingerprint density at radius 1 is 0.314 bits per heavy atom. The number of hydrogen-bond acceptors (Lipinski definition) is 18. The molecule has 0 saturated heterocycles. The van der Waals surface area contributed by atoms with Crippen LogP contribution in [0.4, 0.5) is 34.9 Å². The van der Waals surface area contributed by atoms with E-state index in [1.54, 1.807) is 72.8 Å². The lowest BCUT2D eigenvalue weighted by Crippen LogP contribution is -2.31. The summed E-state index contributed by atoms with van der Waals surface area (Å²) in [5, 5.41) is 9.71. The van der Waals surface area contributed by atoms with Crippen molar-refractivity contribution in [2.75, 3.05) is 55.2 Å². The van der Waals surface area contributed by atoms with Gasteiger partial charge in [-0.15, -0.1) is 0 Å². The maximum Gasteiger partial charge on any atom is 0.345 e. The summed E-state index contributed by atoms with van der Waals surface area (Å²) in [6, 6.07) is 24.6. The van der Waals surface area contributed by atoms with E-state index < -0.39 is 84.3 Å². The number of carbonyl (C=O) groups is 6. The minimum atomic E-state index is -1.81. The molecule has 0 fully saturated rings. The molecule has 0 unspecified atom stereocenters. The maximum atomic E-state index is 13.4. The Balaban J connectivity index is 1.72. The third kappa shape index (κ3) is 29.2. The number of nitrogens with zero attached hydrogens (tertiary/aromatic N) is 3. The third-order valence-electron chi connectivity index (χ3n) is 12.5. The SMILES string of the molecule is C[Si](C)(C)CCOC(=O)C(=Cc1ccc(Nc2nc(Nc3ccc(C=C(C(=O)OCC[Si](C)(C)C)C(=O)OCC[Si](C)(C)C)cc3)nc(Nc3ccc(/C=C(\C(=O)OCC[Si](C)(C)C)C(=O)OC[Si](C)(C)C)cc3)n2)cc1)C(=O)OCC[Si](C)(C)C. The summed E-state index contributed by atoms with van der Waals surface area (Å²) in [5.41, 5.74) is 2.71. The molecule has 0 spiro atoms. The molecule has 0 aliphatic heterocycles. The number of anilines is 6. The second-order valence-corrected chi connectivity index (χ2v) is 62.1. The smallest absolute Gasteiger partial charge is 0.345 e. The predicted octanol–water partition coefficient (Wildman–Crippen LogP) is 14.1. The Labute approximate surface area is 516 Å². The van der Waals surface area contributed by atoms with Crippen molar-refractivity contribution in [3.05, 3.63) is 106 Å². The largest absolute Gasteiger partial charge is 0.466 e. The number of esters is 6. The number of carbonyl (C=O) groups excluding carboxylic acids is 6. The van der Waals surface area contributed by atoms with Crippen molar-refractivity contribution in [2.45, 2.75) is 148 Å². The van der Waals surface area contributed by atoms with Crippen molar-refractivity contribution in [2.24, 2.45) is 0 Å². The minimum absolute atomic E-state index is 0.129. The molecular formula is C62H94N6O12Si6. The summed E-state index contributed by atoms with van der Waals surface area (Å²) >= 11 is 0. The van der Waals surface area contributed by atoms with Gasteiger partial charge < -0.3 is 44.4 Å². The van der Waals surface area contributed by atoms with Crippen LogP contribution in [0.25, 0.3) is 18.2 Å². The van der Waals surface area contributed by atoms with Crippen molar-refractivity contribution in [1.82, 2.24) is 15.0 Å². The van der Waals surface area contributed by atoms with Gasteiger partial charge in [0, 0.05) is 57.4 Å². The Morgan fingerprint density at radius 3 is 0.698 bits per heavy atom. The van der Waals surface area contributed by atoms with E-state index in [1.807, 2.05) is 0 Å². The van der Waals surface area contributed by atoms with Gasteiger partial charge >= 0.3 is 35.8 Å². The van der Waals surface area contributed by atoms with Gasteiger partial charge in [0.1, 0.15) is 16.7 Å². The van der Waals surface area contributed by atoms with E-state index in [2.05, 4.69) is 134 Å². The number of hydrogen-bond donors (Lipinski definition) is 3. The van der Waals surface area contributed by atoms with Crippen LogP contribution in [0.1, 0.15) is 16.7 Å². The molecule has 0 bridgehead atoms. The second-order valence-electron chi connectivity index (χ2n) is 28.6. The van der Waals surface area contributed by atoms with E-state index in [-0.39, 0.29) is 73.8 Å². The highest BCUT2D eigenvalue weighted by atomic mass is 28.3. The van der Waals surface area contributed by atoms with Gasteiger partial charge in [0.05, 0.1) is 47.3 Å². The molecule has 4 aromatic rings. The molecule has 0 aliphatic rings. The summed E-state index contributed by atoms with van der Waals surface area (Å²) in [6.45, 7) is 39.9. The molecule has 0 saturated carbocycles. The monoisotopic (exact) mass is 1280 g/mol. The summed E-state index contributed by atoms with van der Waals surface area (Å²) in [7, 11) is -9.47. The van der Waals surface area contributed by atoms with Crippen molar-refractivity contribution >= 4 is 137 Å². The van der Waals surface area contributed by atoms with Crippen molar-refractivity contribution < 1.29 is 57.2 Å². The molecule has 0 amide bonds. The van der Waals surface area contributed by atoms with Gasteiger partial charge in [-0.1, -0.05) is 154 Å². The van der Waals surface area contributed by atoms with Crippen LogP contribution in [0.3, 0.4) is 0 Å².